The van der Waals surface area contributed by atoms with Gasteiger partial charge >= 0.3 is 5.63 Å². The lowest BCUT2D eigenvalue weighted by molar-refractivity contribution is -0.242. The van der Waals surface area contributed by atoms with E-state index in [0.717, 1.165) is 16.5 Å². The van der Waals surface area contributed by atoms with Crippen LogP contribution in [0.4, 0.5) is 0 Å². The van der Waals surface area contributed by atoms with Gasteiger partial charge in [-0.1, -0.05) is 30.3 Å². The van der Waals surface area contributed by atoms with Crippen LogP contribution in [0.5, 0.6) is 5.75 Å². The topological polar surface area (TPSA) is 109 Å². The van der Waals surface area contributed by atoms with Gasteiger partial charge in [-0.25, -0.2) is 4.79 Å². The van der Waals surface area contributed by atoms with Crippen LogP contribution in [0.3, 0.4) is 0 Å². The second kappa shape index (κ2) is 7.13. The van der Waals surface area contributed by atoms with Gasteiger partial charge in [-0.2, -0.15) is 0 Å². The van der Waals surface area contributed by atoms with E-state index in [9.17, 15) is 20.1 Å². The average Bonchev–Trinajstić information content (AvgIpc) is 2.68. The lowest BCUT2D eigenvalue weighted by atomic mass is 10.0. The molecule has 0 saturated carbocycles. The molecule has 1 aliphatic rings. The van der Waals surface area contributed by atoms with Crippen molar-refractivity contribution in [2.45, 2.75) is 24.6 Å². The van der Waals surface area contributed by atoms with Crippen molar-refractivity contribution in [3.8, 4) is 16.9 Å². The predicted molar refractivity (Wildman–Crippen MR) is 96.3 cm³/mol. The highest BCUT2D eigenvalue weighted by atomic mass is 16.7. The van der Waals surface area contributed by atoms with E-state index in [1.807, 2.05) is 30.3 Å². The first-order valence-electron chi connectivity index (χ1n) is 8.49. The fourth-order valence-electron chi connectivity index (χ4n) is 3.09. The normalized spacial score (nSPS) is 25.4. The molecule has 4 rings (SSSR count). The molecule has 0 radical (unpaired) electrons. The zero-order valence-corrected chi connectivity index (χ0v) is 14.2. The molecule has 0 aliphatic carbocycles. The first-order valence-corrected chi connectivity index (χ1v) is 8.49. The van der Waals surface area contributed by atoms with Gasteiger partial charge in [-0.3, -0.25) is 0 Å². The van der Waals surface area contributed by atoms with Crippen LogP contribution in [0.25, 0.3) is 22.1 Å². The van der Waals surface area contributed by atoms with Crippen LogP contribution in [0.2, 0.25) is 0 Å². The lowest BCUT2D eigenvalue weighted by Gasteiger charge is -2.34. The van der Waals surface area contributed by atoms with Crippen molar-refractivity contribution < 1.29 is 29.2 Å². The molecule has 3 N–H and O–H groups in total. The summed E-state index contributed by atoms with van der Waals surface area (Å²) in [6.45, 7) is -0.163. The van der Waals surface area contributed by atoms with Crippen molar-refractivity contribution in [2.24, 2.45) is 0 Å². The molecule has 1 aromatic heterocycles. The maximum Gasteiger partial charge on any atom is 0.336 e. The number of rotatable bonds is 3. The van der Waals surface area contributed by atoms with E-state index < -0.39 is 30.2 Å². The Bertz CT molecular complexity index is 998. The zero-order chi connectivity index (χ0) is 19.0. The molecule has 7 nitrogen and oxygen atoms in total. The van der Waals surface area contributed by atoms with Crippen LogP contribution in [0.1, 0.15) is 0 Å². The van der Waals surface area contributed by atoms with Crippen molar-refractivity contribution in [2.75, 3.05) is 6.61 Å². The summed E-state index contributed by atoms with van der Waals surface area (Å²) in [5.41, 5.74) is 1.45. The van der Waals surface area contributed by atoms with E-state index in [1.54, 1.807) is 12.1 Å². The number of aliphatic hydroxyl groups is 3. The van der Waals surface area contributed by atoms with Gasteiger partial charge in [0.2, 0.25) is 6.29 Å². The summed E-state index contributed by atoms with van der Waals surface area (Å²) in [6.07, 6.45) is -5.10. The minimum absolute atomic E-state index is 0.163. The molecule has 2 heterocycles. The van der Waals surface area contributed by atoms with Crippen LogP contribution < -0.4 is 10.4 Å². The standard InChI is InChI=1S/C20H18O7/c21-15-10-25-20(19(24)18(15)23)26-12-6-7-13-14(11-4-2-1-3-5-11)9-17(22)27-16(13)8-12/h1-9,15,18-21,23-24H,10H2/t15-,18-,19+,20-/m1/s1. The lowest BCUT2D eigenvalue weighted by Crippen LogP contribution is -2.54. The molecule has 0 unspecified atom stereocenters. The Balaban J connectivity index is 1.68. The van der Waals surface area contributed by atoms with Gasteiger partial charge in [0.1, 0.15) is 29.6 Å². The number of hydrogen-bond donors (Lipinski definition) is 3. The molecule has 0 bridgehead atoms. The van der Waals surface area contributed by atoms with Crippen LogP contribution >= 0.6 is 0 Å². The SMILES string of the molecule is O=c1cc(-c2ccccc2)c2ccc(O[C@H]3OC[C@@H](O)[C@@H](O)[C@@H]3O)cc2o1. The fourth-order valence-corrected chi connectivity index (χ4v) is 3.09. The van der Waals surface area contributed by atoms with Crippen LogP contribution in [0.15, 0.2) is 63.8 Å². The second-order valence-corrected chi connectivity index (χ2v) is 6.37. The quantitative estimate of drug-likeness (QED) is 0.596. The minimum Gasteiger partial charge on any atom is -0.462 e. The van der Waals surface area contributed by atoms with E-state index >= 15 is 0 Å². The number of hydrogen-bond acceptors (Lipinski definition) is 7. The molecule has 2 aromatic carbocycles. The molecule has 1 saturated heterocycles. The summed E-state index contributed by atoms with van der Waals surface area (Å²) >= 11 is 0. The number of benzene rings is 2. The van der Waals surface area contributed by atoms with E-state index in [2.05, 4.69) is 0 Å². The maximum atomic E-state index is 12.0. The third-order valence-electron chi connectivity index (χ3n) is 4.51. The third kappa shape index (κ3) is 3.45. The largest absolute Gasteiger partial charge is 0.462 e. The van der Waals surface area contributed by atoms with E-state index in [0.29, 0.717) is 11.3 Å². The average molecular weight is 370 g/mol. The monoisotopic (exact) mass is 370 g/mol. The van der Waals surface area contributed by atoms with Gasteiger partial charge in [0.25, 0.3) is 0 Å². The van der Waals surface area contributed by atoms with Crippen molar-refractivity contribution in [3.05, 3.63) is 65.0 Å². The molecule has 1 fully saturated rings. The molecule has 7 heteroatoms. The Morgan fingerprint density at radius 3 is 2.52 bits per heavy atom. The first-order chi connectivity index (χ1) is 13.0. The van der Waals surface area contributed by atoms with Gasteiger partial charge < -0.3 is 29.2 Å². The first kappa shape index (κ1) is 17.7. The molecule has 0 spiro atoms. The summed E-state index contributed by atoms with van der Waals surface area (Å²) in [6, 6.07) is 15.8. The van der Waals surface area contributed by atoms with Crippen molar-refractivity contribution >= 4 is 11.0 Å². The van der Waals surface area contributed by atoms with Crippen LogP contribution in [-0.4, -0.2) is 46.5 Å². The van der Waals surface area contributed by atoms with Crippen LogP contribution in [-0.2, 0) is 4.74 Å². The number of fused-ring (bicyclic) bond motifs is 1. The highest BCUT2D eigenvalue weighted by Crippen LogP contribution is 2.30. The zero-order valence-electron chi connectivity index (χ0n) is 14.2. The van der Waals surface area contributed by atoms with Crippen molar-refractivity contribution in [3.63, 3.8) is 0 Å². The van der Waals surface area contributed by atoms with Gasteiger partial charge in [-0.15, -0.1) is 0 Å². The summed E-state index contributed by atoms with van der Waals surface area (Å²) in [5, 5.41) is 30.0. The molecule has 140 valence electrons. The number of ether oxygens (including phenoxy) is 2. The predicted octanol–water partition coefficient (Wildman–Crippen LogP) is 1.28. The minimum atomic E-state index is -1.41. The van der Waals surface area contributed by atoms with E-state index in [4.69, 9.17) is 13.9 Å². The van der Waals surface area contributed by atoms with Crippen molar-refractivity contribution in [1.82, 2.24) is 0 Å². The van der Waals surface area contributed by atoms with Crippen LogP contribution in [0, 0.1) is 0 Å². The molecular formula is C20H18O7. The maximum absolute atomic E-state index is 12.0. The van der Waals surface area contributed by atoms with Gasteiger partial charge in [0, 0.05) is 17.5 Å². The molecule has 3 aromatic rings. The van der Waals surface area contributed by atoms with Gasteiger partial charge in [0.15, 0.2) is 0 Å². The Labute approximate surface area is 154 Å². The molecular weight excluding hydrogens is 352 g/mol. The Morgan fingerprint density at radius 2 is 1.74 bits per heavy atom. The highest BCUT2D eigenvalue weighted by molar-refractivity contribution is 5.93. The summed E-state index contributed by atoms with van der Waals surface area (Å²) in [5.74, 6) is 0.295. The summed E-state index contributed by atoms with van der Waals surface area (Å²) in [7, 11) is 0. The summed E-state index contributed by atoms with van der Waals surface area (Å²) < 4.78 is 16.1. The second-order valence-electron chi connectivity index (χ2n) is 6.37. The Morgan fingerprint density at radius 1 is 0.963 bits per heavy atom. The van der Waals surface area contributed by atoms with Gasteiger partial charge in [-0.05, 0) is 23.3 Å². The molecule has 4 atom stereocenters. The van der Waals surface area contributed by atoms with Crippen molar-refractivity contribution in [1.29, 1.82) is 0 Å². The van der Waals surface area contributed by atoms with E-state index in [-0.39, 0.29) is 6.61 Å². The highest BCUT2D eigenvalue weighted by Gasteiger charge is 2.39. The third-order valence-corrected chi connectivity index (χ3v) is 4.51. The molecule has 1 aliphatic heterocycles. The smallest absolute Gasteiger partial charge is 0.336 e. The Hall–Kier alpha value is -2.71. The molecule has 0 amide bonds. The molecule has 27 heavy (non-hydrogen) atoms. The van der Waals surface area contributed by atoms with Gasteiger partial charge in [0.05, 0.1) is 6.61 Å². The fraction of sp³-hybridized carbons (Fsp3) is 0.250. The summed E-state index contributed by atoms with van der Waals surface area (Å²) in [4.78, 5) is 12.0. The number of aliphatic hydroxyl groups excluding tert-OH is 3. The Kier molecular flexibility index (Phi) is 4.67. The van der Waals surface area contributed by atoms with E-state index in [1.165, 1.54) is 12.1 Å².